The molecule has 2 amide bonds. The van der Waals surface area contributed by atoms with E-state index >= 15 is 0 Å². The standard InChI is InChI=1S/C19H22N4O/c1-19(9-7-16(15-20)8-10-19)21-18(24)23-13-11-22(12-14-23)17-5-3-2-4-6-17/h2-9H,10-14H2,1H3,(H,21,24). The lowest BCUT2D eigenvalue weighted by Crippen LogP contribution is -2.56. The van der Waals surface area contributed by atoms with Gasteiger partial charge in [-0.15, -0.1) is 0 Å². The van der Waals surface area contributed by atoms with E-state index in [0.717, 1.165) is 13.1 Å². The van der Waals surface area contributed by atoms with Crippen molar-refractivity contribution < 1.29 is 4.79 Å². The van der Waals surface area contributed by atoms with Gasteiger partial charge in [0.2, 0.25) is 0 Å². The van der Waals surface area contributed by atoms with Crippen LogP contribution >= 0.6 is 0 Å². The number of nitriles is 1. The van der Waals surface area contributed by atoms with Gasteiger partial charge in [-0.3, -0.25) is 0 Å². The third kappa shape index (κ3) is 3.60. The van der Waals surface area contributed by atoms with Crippen molar-refractivity contribution in [2.45, 2.75) is 18.9 Å². The van der Waals surface area contributed by atoms with Crippen LogP contribution in [0.4, 0.5) is 10.5 Å². The number of piperazine rings is 1. The van der Waals surface area contributed by atoms with Crippen LogP contribution in [-0.2, 0) is 0 Å². The minimum Gasteiger partial charge on any atom is -0.368 e. The van der Waals surface area contributed by atoms with E-state index in [1.54, 1.807) is 6.08 Å². The molecule has 1 fully saturated rings. The summed E-state index contributed by atoms with van der Waals surface area (Å²) in [5, 5.41) is 12.0. The lowest BCUT2D eigenvalue weighted by atomic mass is 9.91. The summed E-state index contributed by atoms with van der Waals surface area (Å²) in [7, 11) is 0. The van der Waals surface area contributed by atoms with Crippen molar-refractivity contribution in [2.24, 2.45) is 0 Å². The Morgan fingerprint density at radius 3 is 2.50 bits per heavy atom. The Kier molecular flexibility index (Phi) is 4.57. The van der Waals surface area contributed by atoms with Crippen LogP contribution in [0, 0.1) is 11.3 Å². The molecule has 1 aromatic carbocycles. The van der Waals surface area contributed by atoms with Crippen molar-refractivity contribution in [3.05, 3.63) is 54.1 Å². The number of rotatable bonds is 2. The maximum Gasteiger partial charge on any atom is 0.318 e. The normalized spacial score (nSPS) is 23.4. The summed E-state index contributed by atoms with van der Waals surface area (Å²) < 4.78 is 0. The molecule has 1 aromatic rings. The highest BCUT2D eigenvalue weighted by Crippen LogP contribution is 2.21. The van der Waals surface area contributed by atoms with Gasteiger partial charge in [0.05, 0.1) is 11.6 Å². The highest BCUT2D eigenvalue weighted by molar-refractivity contribution is 5.76. The zero-order chi connectivity index (χ0) is 17.0. The van der Waals surface area contributed by atoms with Crippen LogP contribution in [0.1, 0.15) is 13.3 Å². The Balaban J connectivity index is 1.54. The number of anilines is 1. The molecule has 1 unspecified atom stereocenters. The Labute approximate surface area is 142 Å². The van der Waals surface area contributed by atoms with E-state index in [4.69, 9.17) is 5.26 Å². The Morgan fingerprint density at radius 1 is 1.21 bits per heavy atom. The molecular formula is C19H22N4O. The monoisotopic (exact) mass is 322 g/mol. The van der Waals surface area contributed by atoms with Gasteiger partial charge in [-0.25, -0.2) is 4.79 Å². The Bertz CT molecular complexity index is 696. The van der Waals surface area contributed by atoms with Crippen molar-refractivity contribution in [2.75, 3.05) is 31.1 Å². The molecule has 0 bridgehead atoms. The second-order valence-corrected chi connectivity index (χ2v) is 6.47. The molecule has 124 valence electrons. The minimum absolute atomic E-state index is 0.0383. The Morgan fingerprint density at radius 2 is 1.92 bits per heavy atom. The van der Waals surface area contributed by atoms with Crippen molar-refractivity contribution in [1.82, 2.24) is 10.2 Å². The lowest BCUT2D eigenvalue weighted by Gasteiger charge is -2.38. The van der Waals surface area contributed by atoms with Crippen molar-refractivity contribution in [3.63, 3.8) is 0 Å². The molecule has 5 heteroatoms. The van der Waals surface area contributed by atoms with Gasteiger partial charge in [0.1, 0.15) is 0 Å². The highest BCUT2D eigenvalue weighted by atomic mass is 16.2. The molecule has 1 aliphatic heterocycles. The first-order valence-corrected chi connectivity index (χ1v) is 8.26. The minimum atomic E-state index is -0.423. The van der Waals surface area contributed by atoms with E-state index in [1.165, 1.54) is 5.69 Å². The van der Waals surface area contributed by atoms with E-state index in [2.05, 4.69) is 28.4 Å². The summed E-state index contributed by atoms with van der Waals surface area (Å²) in [6, 6.07) is 12.4. The first kappa shape index (κ1) is 16.1. The van der Waals surface area contributed by atoms with E-state index in [0.29, 0.717) is 25.1 Å². The Hall–Kier alpha value is -2.74. The molecule has 3 rings (SSSR count). The van der Waals surface area contributed by atoms with Crippen LogP contribution in [0.25, 0.3) is 0 Å². The molecule has 1 N–H and O–H groups in total. The number of para-hydroxylation sites is 1. The molecule has 1 heterocycles. The molecule has 0 saturated carbocycles. The highest BCUT2D eigenvalue weighted by Gasteiger charge is 2.28. The first-order valence-electron chi connectivity index (χ1n) is 8.26. The van der Waals surface area contributed by atoms with Gasteiger partial charge in [0.15, 0.2) is 0 Å². The zero-order valence-electron chi connectivity index (χ0n) is 13.9. The van der Waals surface area contributed by atoms with Crippen LogP contribution in [0.3, 0.4) is 0 Å². The molecule has 0 aromatic heterocycles. The summed E-state index contributed by atoms with van der Waals surface area (Å²) in [5.74, 6) is 0. The molecule has 1 saturated heterocycles. The van der Waals surface area contributed by atoms with E-state index in [1.807, 2.05) is 42.2 Å². The number of amides is 2. The summed E-state index contributed by atoms with van der Waals surface area (Å²) >= 11 is 0. The fourth-order valence-electron chi connectivity index (χ4n) is 3.04. The van der Waals surface area contributed by atoms with Crippen molar-refractivity contribution in [1.29, 1.82) is 5.26 Å². The maximum atomic E-state index is 12.5. The fourth-order valence-corrected chi connectivity index (χ4v) is 3.04. The van der Waals surface area contributed by atoms with E-state index in [-0.39, 0.29) is 6.03 Å². The molecule has 1 atom stereocenters. The van der Waals surface area contributed by atoms with E-state index < -0.39 is 5.54 Å². The number of carbonyl (C=O) groups is 1. The smallest absolute Gasteiger partial charge is 0.318 e. The number of allylic oxidation sites excluding steroid dienone is 2. The van der Waals surface area contributed by atoms with Gasteiger partial charge in [-0.05, 0) is 31.6 Å². The van der Waals surface area contributed by atoms with Gasteiger partial charge >= 0.3 is 6.03 Å². The fraction of sp³-hybridized carbons (Fsp3) is 0.368. The predicted octanol–water partition coefficient (Wildman–Crippen LogP) is 2.69. The summed E-state index contributed by atoms with van der Waals surface area (Å²) in [6.07, 6.45) is 6.19. The number of nitrogens with zero attached hydrogens (tertiary/aromatic N) is 3. The van der Waals surface area contributed by atoms with E-state index in [9.17, 15) is 4.79 Å². The van der Waals surface area contributed by atoms with Gasteiger partial charge in [-0.2, -0.15) is 5.26 Å². The topological polar surface area (TPSA) is 59.4 Å². The third-order valence-electron chi connectivity index (χ3n) is 4.59. The van der Waals surface area contributed by atoms with Gasteiger partial charge in [0.25, 0.3) is 0 Å². The SMILES string of the molecule is CC1(NC(=O)N2CCN(c3ccccc3)CC2)C=CC(C#N)=CC1. The number of hydrogen-bond donors (Lipinski definition) is 1. The maximum absolute atomic E-state index is 12.5. The van der Waals surface area contributed by atoms with Crippen LogP contribution in [0.15, 0.2) is 54.1 Å². The van der Waals surface area contributed by atoms with Crippen LogP contribution in [0.2, 0.25) is 0 Å². The van der Waals surface area contributed by atoms with Gasteiger partial charge in [-0.1, -0.05) is 30.4 Å². The number of hydrogen-bond acceptors (Lipinski definition) is 3. The number of nitrogens with one attached hydrogen (secondary N) is 1. The van der Waals surface area contributed by atoms with Gasteiger partial charge in [0, 0.05) is 37.4 Å². The number of urea groups is 1. The average molecular weight is 322 g/mol. The van der Waals surface area contributed by atoms with Crippen LogP contribution in [-0.4, -0.2) is 42.6 Å². The quantitative estimate of drug-likeness (QED) is 0.911. The predicted molar refractivity (Wildman–Crippen MR) is 94.6 cm³/mol. The van der Waals surface area contributed by atoms with Crippen molar-refractivity contribution >= 4 is 11.7 Å². The molecule has 0 radical (unpaired) electrons. The number of benzene rings is 1. The molecule has 0 spiro atoms. The summed E-state index contributed by atoms with van der Waals surface area (Å²) in [5.41, 5.74) is 1.43. The molecule has 2 aliphatic rings. The molecule has 5 nitrogen and oxygen atoms in total. The summed E-state index contributed by atoms with van der Waals surface area (Å²) in [4.78, 5) is 16.7. The largest absolute Gasteiger partial charge is 0.368 e. The summed E-state index contributed by atoms with van der Waals surface area (Å²) in [6.45, 7) is 5.07. The third-order valence-corrected chi connectivity index (χ3v) is 4.59. The first-order chi connectivity index (χ1) is 11.6. The molecule has 1 aliphatic carbocycles. The molecule has 24 heavy (non-hydrogen) atoms. The van der Waals surface area contributed by atoms with Gasteiger partial charge < -0.3 is 15.1 Å². The second-order valence-electron chi connectivity index (χ2n) is 6.47. The van der Waals surface area contributed by atoms with Crippen LogP contribution in [0.5, 0.6) is 0 Å². The van der Waals surface area contributed by atoms with Crippen LogP contribution < -0.4 is 10.2 Å². The second kappa shape index (κ2) is 6.79. The van der Waals surface area contributed by atoms with Crippen molar-refractivity contribution in [3.8, 4) is 6.07 Å². The number of carbonyl (C=O) groups excluding carboxylic acids is 1. The average Bonchev–Trinajstić information content (AvgIpc) is 2.63. The zero-order valence-corrected chi connectivity index (χ0v) is 13.9. The molecular weight excluding hydrogens is 300 g/mol. The lowest BCUT2D eigenvalue weighted by molar-refractivity contribution is 0.186.